The first-order valence-electron chi connectivity index (χ1n) is 5.79. The Hall–Kier alpha value is -2.18. The zero-order valence-corrected chi connectivity index (χ0v) is 11.2. The van der Waals surface area contributed by atoms with E-state index in [0.29, 0.717) is 16.5 Å². The number of aryl methyl sites for hydroxylation is 1. The van der Waals surface area contributed by atoms with Crippen LogP contribution in [0.1, 0.15) is 11.1 Å². The minimum Gasteiger partial charge on any atom is -0.457 e. The molecule has 96 valence electrons. The number of nitriles is 1. The molecule has 0 atom stereocenters. The Morgan fingerprint density at radius 2 is 2.05 bits per heavy atom. The van der Waals surface area contributed by atoms with E-state index < -0.39 is 0 Å². The zero-order chi connectivity index (χ0) is 13.8. The molecule has 0 heterocycles. The number of ether oxygens (including phenoxy) is 1. The van der Waals surface area contributed by atoms with Crippen molar-refractivity contribution in [1.82, 2.24) is 0 Å². The summed E-state index contributed by atoms with van der Waals surface area (Å²) in [7, 11) is 0. The first kappa shape index (κ1) is 13.3. The Labute approximate surface area is 117 Å². The Kier molecular flexibility index (Phi) is 3.94. The largest absolute Gasteiger partial charge is 0.457 e. The number of halogens is 1. The van der Waals surface area contributed by atoms with Crippen LogP contribution in [0.2, 0.25) is 5.02 Å². The molecule has 0 aliphatic heterocycles. The average Bonchev–Trinajstić information content (AvgIpc) is 2.37. The lowest BCUT2D eigenvalue weighted by Crippen LogP contribution is -1.95. The Bertz CT molecular complexity index is 647. The zero-order valence-electron chi connectivity index (χ0n) is 10.5. The van der Waals surface area contributed by atoms with Crippen LogP contribution in [-0.2, 0) is 6.42 Å². The quantitative estimate of drug-likeness (QED) is 0.856. The molecule has 0 radical (unpaired) electrons. The van der Waals surface area contributed by atoms with Gasteiger partial charge in [-0.3, -0.25) is 0 Å². The predicted molar refractivity (Wildman–Crippen MR) is 76.4 cm³/mol. The van der Waals surface area contributed by atoms with E-state index >= 15 is 0 Å². The van der Waals surface area contributed by atoms with Gasteiger partial charge in [0, 0.05) is 10.7 Å². The molecule has 2 aromatic rings. The first-order chi connectivity index (χ1) is 9.10. The van der Waals surface area contributed by atoms with Gasteiger partial charge in [-0.2, -0.15) is 5.26 Å². The molecule has 3 nitrogen and oxygen atoms in total. The maximum absolute atomic E-state index is 8.74. The van der Waals surface area contributed by atoms with Crippen LogP contribution < -0.4 is 10.5 Å². The fourth-order valence-corrected chi connectivity index (χ4v) is 1.96. The molecule has 0 unspecified atom stereocenters. The summed E-state index contributed by atoms with van der Waals surface area (Å²) in [6.07, 6.45) is 0.267. The van der Waals surface area contributed by atoms with Gasteiger partial charge in [-0.25, -0.2) is 0 Å². The highest BCUT2D eigenvalue weighted by atomic mass is 35.5. The normalized spacial score (nSPS) is 9.95. The van der Waals surface area contributed by atoms with Crippen LogP contribution >= 0.6 is 11.6 Å². The molecule has 2 N–H and O–H groups in total. The number of hydrogen-bond acceptors (Lipinski definition) is 3. The summed E-state index contributed by atoms with van der Waals surface area (Å²) in [5.74, 6) is 1.39. The maximum Gasteiger partial charge on any atom is 0.130 e. The number of anilines is 1. The van der Waals surface area contributed by atoms with Crippen molar-refractivity contribution in [3.05, 3.63) is 52.5 Å². The van der Waals surface area contributed by atoms with Gasteiger partial charge in [0.15, 0.2) is 0 Å². The SMILES string of the molecule is Cc1cc(Cl)ccc1Oc1ccc(N)c(CC#N)c1. The van der Waals surface area contributed by atoms with Crippen LogP contribution in [0.15, 0.2) is 36.4 Å². The van der Waals surface area contributed by atoms with Crippen LogP contribution in [0.5, 0.6) is 11.5 Å². The molecule has 0 aliphatic rings. The van der Waals surface area contributed by atoms with Crippen LogP contribution in [-0.4, -0.2) is 0 Å². The van der Waals surface area contributed by atoms with E-state index in [-0.39, 0.29) is 6.42 Å². The lowest BCUT2D eigenvalue weighted by molar-refractivity contribution is 0.478. The van der Waals surface area contributed by atoms with Crippen molar-refractivity contribution >= 4 is 17.3 Å². The van der Waals surface area contributed by atoms with Gasteiger partial charge >= 0.3 is 0 Å². The van der Waals surface area contributed by atoms with Crippen LogP contribution in [0.25, 0.3) is 0 Å². The standard InChI is InChI=1S/C15H13ClN2O/c1-10-8-12(16)2-5-15(10)19-13-3-4-14(18)11(9-13)6-7-17/h2-5,8-9H,6,18H2,1H3. The second-order valence-electron chi connectivity index (χ2n) is 4.21. The molecule has 0 bridgehead atoms. The molecule has 0 aromatic heterocycles. The van der Waals surface area contributed by atoms with Crippen molar-refractivity contribution in [2.24, 2.45) is 0 Å². The predicted octanol–water partition coefficient (Wildman–Crippen LogP) is 4.09. The summed E-state index contributed by atoms with van der Waals surface area (Å²) in [6, 6.07) is 12.8. The fourth-order valence-electron chi connectivity index (χ4n) is 1.74. The lowest BCUT2D eigenvalue weighted by atomic mass is 10.1. The Balaban J connectivity index is 2.28. The summed E-state index contributed by atoms with van der Waals surface area (Å²) in [5.41, 5.74) is 8.11. The summed E-state index contributed by atoms with van der Waals surface area (Å²) in [4.78, 5) is 0. The van der Waals surface area contributed by atoms with Gasteiger partial charge in [-0.1, -0.05) is 11.6 Å². The molecule has 0 amide bonds. The van der Waals surface area contributed by atoms with E-state index in [2.05, 4.69) is 6.07 Å². The minimum absolute atomic E-state index is 0.267. The van der Waals surface area contributed by atoms with Gasteiger partial charge in [-0.15, -0.1) is 0 Å². The second-order valence-corrected chi connectivity index (χ2v) is 4.64. The van der Waals surface area contributed by atoms with Gasteiger partial charge in [0.25, 0.3) is 0 Å². The third-order valence-electron chi connectivity index (χ3n) is 2.75. The molecule has 19 heavy (non-hydrogen) atoms. The number of nitrogen functional groups attached to an aromatic ring is 1. The number of nitrogens with zero attached hydrogens (tertiary/aromatic N) is 1. The van der Waals surface area contributed by atoms with Gasteiger partial charge in [0.1, 0.15) is 11.5 Å². The third kappa shape index (κ3) is 3.18. The fraction of sp³-hybridized carbons (Fsp3) is 0.133. The number of hydrogen-bond donors (Lipinski definition) is 1. The molecule has 0 saturated heterocycles. The molecule has 0 saturated carbocycles. The smallest absolute Gasteiger partial charge is 0.130 e. The van der Waals surface area contributed by atoms with E-state index in [1.165, 1.54) is 0 Å². The number of nitrogens with two attached hydrogens (primary N) is 1. The van der Waals surface area contributed by atoms with Crippen molar-refractivity contribution in [2.45, 2.75) is 13.3 Å². The van der Waals surface area contributed by atoms with Gasteiger partial charge in [0.05, 0.1) is 12.5 Å². The summed E-state index contributed by atoms with van der Waals surface area (Å²) >= 11 is 5.90. The molecule has 2 rings (SSSR count). The van der Waals surface area contributed by atoms with E-state index in [1.807, 2.05) is 19.1 Å². The Morgan fingerprint density at radius 3 is 2.74 bits per heavy atom. The first-order valence-corrected chi connectivity index (χ1v) is 6.17. The number of benzene rings is 2. The highest BCUT2D eigenvalue weighted by Gasteiger charge is 2.05. The van der Waals surface area contributed by atoms with Crippen molar-refractivity contribution in [1.29, 1.82) is 5.26 Å². The van der Waals surface area contributed by atoms with Crippen LogP contribution in [0, 0.1) is 18.3 Å². The molecule has 0 aliphatic carbocycles. The maximum atomic E-state index is 8.74. The molecule has 0 spiro atoms. The van der Waals surface area contributed by atoms with Crippen molar-refractivity contribution in [3.63, 3.8) is 0 Å². The molecular formula is C15H13ClN2O. The van der Waals surface area contributed by atoms with E-state index in [4.69, 9.17) is 27.3 Å². The molecule has 2 aromatic carbocycles. The van der Waals surface area contributed by atoms with Crippen LogP contribution in [0.4, 0.5) is 5.69 Å². The summed E-state index contributed by atoms with van der Waals surface area (Å²) in [6.45, 7) is 1.93. The van der Waals surface area contributed by atoms with Crippen molar-refractivity contribution < 1.29 is 4.74 Å². The Morgan fingerprint density at radius 1 is 1.26 bits per heavy atom. The molecule has 0 fully saturated rings. The minimum atomic E-state index is 0.267. The third-order valence-corrected chi connectivity index (χ3v) is 2.98. The highest BCUT2D eigenvalue weighted by Crippen LogP contribution is 2.29. The van der Waals surface area contributed by atoms with Crippen molar-refractivity contribution in [3.8, 4) is 17.6 Å². The van der Waals surface area contributed by atoms with E-state index in [1.54, 1.807) is 24.3 Å². The van der Waals surface area contributed by atoms with E-state index in [0.717, 1.165) is 16.9 Å². The second kappa shape index (κ2) is 5.64. The van der Waals surface area contributed by atoms with Crippen LogP contribution in [0.3, 0.4) is 0 Å². The van der Waals surface area contributed by atoms with Crippen molar-refractivity contribution in [2.75, 3.05) is 5.73 Å². The summed E-state index contributed by atoms with van der Waals surface area (Å²) in [5, 5.41) is 9.41. The van der Waals surface area contributed by atoms with Gasteiger partial charge in [-0.05, 0) is 54.4 Å². The number of rotatable bonds is 3. The highest BCUT2D eigenvalue weighted by molar-refractivity contribution is 6.30. The summed E-state index contributed by atoms with van der Waals surface area (Å²) < 4.78 is 5.78. The van der Waals surface area contributed by atoms with E-state index in [9.17, 15) is 0 Å². The van der Waals surface area contributed by atoms with Gasteiger partial charge in [0.2, 0.25) is 0 Å². The van der Waals surface area contributed by atoms with Gasteiger partial charge < -0.3 is 10.5 Å². The monoisotopic (exact) mass is 272 g/mol. The lowest BCUT2D eigenvalue weighted by Gasteiger charge is -2.10. The molecule has 4 heteroatoms. The topological polar surface area (TPSA) is 59.0 Å². The molecular weight excluding hydrogens is 260 g/mol. The average molecular weight is 273 g/mol.